The van der Waals surface area contributed by atoms with E-state index in [-0.39, 0.29) is 23.9 Å². The third kappa shape index (κ3) is 8.01. The van der Waals surface area contributed by atoms with Crippen LogP contribution in [0.4, 0.5) is 0 Å². The molecule has 0 radical (unpaired) electrons. The Labute approximate surface area is 182 Å². The minimum atomic E-state index is -0.126. The molecule has 1 saturated heterocycles. The van der Waals surface area contributed by atoms with Crippen molar-refractivity contribution in [3.05, 3.63) is 48.1 Å². The summed E-state index contributed by atoms with van der Waals surface area (Å²) in [6, 6.07) is 0. The predicted octanol–water partition coefficient (Wildman–Crippen LogP) is 4.33. The summed E-state index contributed by atoms with van der Waals surface area (Å²) < 4.78 is 0. The van der Waals surface area contributed by atoms with Crippen LogP contribution in [0, 0.1) is 5.92 Å². The van der Waals surface area contributed by atoms with E-state index in [1.165, 1.54) is 0 Å². The van der Waals surface area contributed by atoms with Crippen molar-refractivity contribution in [2.24, 2.45) is 11.0 Å². The Balaban J connectivity index is 0.00000198. The number of carbonyl (C=O) groups excluding carboxylic acids is 2. The van der Waals surface area contributed by atoms with E-state index < -0.39 is 0 Å². The number of piperidine rings is 1. The van der Waals surface area contributed by atoms with Crippen LogP contribution in [0.1, 0.15) is 60.8 Å². The summed E-state index contributed by atoms with van der Waals surface area (Å²) >= 11 is 0. The molecule has 2 heterocycles. The predicted molar refractivity (Wildman–Crippen MR) is 127 cm³/mol. The van der Waals surface area contributed by atoms with Crippen LogP contribution in [0.15, 0.2) is 53.2 Å². The minimum Gasteiger partial charge on any atom is -0.356 e. The van der Waals surface area contributed by atoms with E-state index in [0.717, 1.165) is 23.3 Å². The zero-order valence-electron chi connectivity index (χ0n) is 19.8. The lowest BCUT2D eigenvalue weighted by Crippen LogP contribution is -2.49. The van der Waals surface area contributed by atoms with Gasteiger partial charge in [-0.25, -0.2) is 0 Å². The van der Waals surface area contributed by atoms with Gasteiger partial charge in [-0.1, -0.05) is 64.2 Å². The second kappa shape index (κ2) is 15.2. The van der Waals surface area contributed by atoms with Crippen molar-refractivity contribution in [1.29, 1.82) is 0 Å². The maximum Gasteiger partial charge on any atom is 0.243 e. The molecule has 2 rings (SSSR count). The van der Waals surface area contributed by atoms with Crippen LogP contribution in [0.2, 0.25) is 0 Å². The van der Waals surface area contributed by atoms with E-state index in [9.17, 15) is 9.59 Å². The van der Waals surface area contributed by atoms with Crippen LogP contribution >= 0.6 is 0 Å². The molecule has 0 spiro atoms. The number of rotatable bonds is 6. The van der Waals surface area contributed by atoms with Gasteiger partial charge in [-0.15, -0.1) is 0 Å². The molecule has 2 unspecified atom stereocenters. The first-order chi connectivity index (χ1) is 14.5. The first-order valence-corrected chi connectivity index (χ1v) is 11.0. The van der Waals surface area contributed by atoms with Crippen molar-refractivity contribution >= 4 is 17.5 Å². The lowest BCUT2D eigenvalue weighted by Gasteiger charge is -2.35. The van der Waals surface area contributed by atoms with Gasteiger partial charge in [-0.3, -0.25) is 15.0 Å². The number of nitrogens with one attached hydrogen (secondary N) is 2. The molecule has 2 N–H and O–H groups in total. The summed E-state index contributed by atoms with van der Waals surface area (Å²) in [5, 5.41) is 6.99. The van der Waals surface area contributed by atoms with Crippen molar-refractivity contribution < 1.29 is 9.59 Å². The summed E-state index contributed by atoms with van der Waals surface area (Å²) in [7, 11) is 1.60. The lowest BCUT2D eigenvalue weighted by molar-refractivity contribution is -0.137. The van der Waals surface area contributed by atoms with E-state index in [1.807, 2.05) is 64.7 Å². The molecule has 0 saturated carbocycles. The van der Waals surface area contributed by atoms with Gasteiger partial charge >= 0.3 is 0 Å². The highest BCUT2D eigenvalue weighted by atomic mass is 16.2. The van der Waals surface area contributed by atoms with Crippen LogP contribution in [-0.4, -0.2) is 42.2 Å². The molecule has 2 atom stereocenters. The van der Waals surface area contributed by atoms with Crippen LogP contribution in [0.25, 0.3) is 0 Å². The van der Waals surface area contributed by atoms with Gasteiger partial charge in [0, 0.05) is 32.5 Å². The third-order valence-corrected chi connectivity index (χ3v) is 4.80. The molecule has 0 aromatic rings. The van der Waals surface area contributed by atoms with Crippen molar-refractivity contribution in [1.82, 2.24) is 15.6 Å². The zero-order chi connectivity index (χ0) is 23.1. The van der Waals surface area contributed by atoms with Crippen molar-refractivity contribution in [2.45, 2.75) is 67.0 Å². The molecule has 6 heteroatoms. The highest BCUT2D eigenvalue weighted by Gasteiger charge is 2.34. The molecule has 6 nitrogen and oxygen atoms in total. The summed E-state index contributed by atoms with van der Waals surface area (Å²) in [5.74, 6) is 0.0932. The van der Waals surface area contributed by atoms with Crippen LogP contribution in [0.5, 0.6) is 0 Å². The first kappa shape index (κ1) is 27.4. The minimum absolute atomic E-state index is 0.0974. The topological polar surface area (TPSA) is 73.8 Å². The second-order valence-corrected chi connectivity index (χ2v) is 6.54. The summed E-state index contributed by atoms with van der Waals surface area (Å²) in [6.45, 7) is 16.3. The lowest BCUT2D eigenvalue weighted by atomic mass is 9.88. The van der Waals surface area contributed by atoms with Crippen molar-refractivity contribution in [3.8, 4) is 0 Å². The Hall–Kier alpha value is -2.63. The molecule has 2 amide bonds. The number of hydrazone groups is 1. The maximum absolute atomic E-state index is 12.6. The Kier molecular flexibility index (Phi) is 13.9. The Morgan fingerprint density at radius 3 is 2.47 bits per heavy atom. The molecule has 168 valence electrons. The Morgan fingerprint density at radius 1 is 1.27 bits per heavy atom. The second-order valence-electron chi connectivity index (χ2n) is 6.54. The molecule has 0 bridgehead atoms. The fraction of sp³-hybridized carbons (Fsp3) is 0.542. The van der Waals surface area contributed by atoms with Crippen LogP contribution < -0.4 is 10.7 Å². The van der Waals surface area contributed by atoms with Gasteiger partial charge in [0.25, 0.3) is 0 Å². The molecule has 30 heavy (non-hydrogen) atoms. The number of likely N-dealkylation sites (N-methyl/N-ethyl adjacent to an activating group) is 1. The molecule has 1 fully saturated rings. The summed E-state index contributed by atoms with van der Waals surface area (Å²) in [6.07, 6.45) is 11.0. The van der Waals surface area contributed by atoms with Crippen molar-refractivity contribution in [2.75, 3.05) is 13.6 Å². The molecular weight excluding hydrogens is 376 g/mol. The average molecular weight is 417 g/mol. The van der Waals surface area contributed by atoms with E-state index >= 15 is 0 Å². The van der Waals surface area contributed by atoms with Gasteiger partial charge < -0.3 is 10.2 Å². The maximum atomic E-state index is 12.6. The van der Waals surface area contributed by atoms with Crippen LogP contribution in [0.3, 0.4) is 0 Å². The fourth-order valence-corrected chi connectivity index (χ4v) is 3.31. The standard InChI is InChI=1S/C20H28N4O2.2C2H6/c1-5-7-15(8-6-2)17-13-18(23-22-17)24-10-9-16(12-20(24)26)14(3)11-19(25)21-4;2*1-2/h5-8,11,16,18,23H,1,9-10,12-13H2,2-4H3,(H,21,25);2*1-2H3/b8-6-,14-11+,15-7+;;. The molecule has 2 aliphatic heterocycles. The largest absolute Gasteiger partial charge is 0.356 e. The van der Waals surface area contributed by atoms with Crippen LogP contribution in [-0.2, 0) is 9.59 Å². The number of likely N-dealkylation sites (tertiary alicyclic amines) is 1. The summed E-state index contributed by atoms with van der Waals surface area (Å²) in [5.41, 5.74) is 5.98. The number of hydrogen-bond acceptors (Lipinski definition) is 4. The van der Waals surface area contributed by atoms with E-state index in [0.29, 0.717) is 19.4 Å². The smallest absolute Gasteiger partial charge is 0.243 e. The van der Waals surface area contributed by atoms with Gasteiger partial charge in [0.2, 0.25) is 11.8 Å². The highest BCUT2D eigenvalue weighted by Crippen LogP contribution is 2.28. The SMILES string of the molecule is C=C/C=C(\C=C/C)C1=NNC(N2CCC(/C(C)=C/C(=O)NC)CC2=O)C1.CC.CC. The number of amides is 2. The van der Waals surface area contributed by atoms with E-state index in [4.69, 9.17) is 0 Å². The van der Waals surface area contributed by atoms with Gasteiger partial charge in [0.15, 0.2) is 0 Å². The summed E-state index contributed by atoms with van der Waals surface area (Å²) in [4.78, 5) is 26.0. The Bertz CT molecular complexity index is 689. The average Bonchev–Trinajstić information content (AvgIpc) is 3.26. The highest BCUT2D eigenvalue weighted by molar-refractivity contribution is 6.04. The fourth-order valence-electron chi connectivity index (χ4n) is 3.31. The van der Waals surface area contributed by atoms with Crippen molar-refractivity contribution in [3.63, 3.8) is 0 Å². The number of nitrogens with zero attached hydrogens (tertiary/aromatic N) is 2. The van der Waals surface area contributed by atoms with Gasteiger partial charge in [0.05, 0.1) is 5.71 Å². The molecule has 2 aliphatic rings. The molecule has 0 aromatic heterocycles. The van der Waals surface area contributed by atoms with Gasteiger partial charge in [-0.2, -0.15) is 5.10 Å². The third-order valence-electron chi connectivity index (χ3n) is 4.80. The molecule has 0 aromatic carbocycles. The number of carbonyl (C=O) groups is 2. The van der Waals surface area contributed by atoms with E-state index in [1.54, 1.807) is 19.2 Å². The van der Waals surface area contributed by atoms with Gasteiger partial charge in [0.1, 0.15) is 6.17 Å². The monoisotopic (exact) mass is 416 g/mol. The zero-order valence-corrected chi connectivity index (χ0v) is 19.8. The molecule has 0 aliphatic carbocycles. The van der Waals surface area contributed by atoms with E-state index in [2.05, 4.69) is 22.4 Å². The number of allylic oxidation sites excluding steroid dienone is 6. The number of hydrogen-bond donors (Lipinski definition) is 2. The quantitative estimate of drug-likeness (QED) is 0.500. The Morgan fingerprint density at radius 2 is 1.93 bits per heavy atom. The first-order valence-electron chi connectivity index (χ1n) is 11.0. The van der Waals surface area contributed by atoms with Gasteiger partial charge in [-0.05, 0) is 31.8 Å². The normalized spacial score (nSPS) is 21.6. The molecular formula is C24H40N4O2.